The first kappa shape index (κ1) is 14.6. The Labute approximate surface area is 133 Å². The largest absolute Gasteiger partial charge is 0.347 e. The lowest BCUT2D eigenvalue weighted by Crippen LogP contribution is -2.24. The lowest BCUT2D eigenvalue weighted by Gasteiger charge is -2.07. The minimum atomic E-state index is -0.242. The van der Waals surface area contributed by atoms with Gasteiger partial charge in [0.05, 0.1) is 0 Å². The van der Waals surface area contributed by atoms with E-state index in [2.05, 4.69) is 25.6 Å². The van der Waals surface area contributed by atoms with Crippen LogP contribution in [0, 0.1) is 0 Å². The van der Waals surface area contributed by atoms with E-state index in [1.54, 1.807) is 36.8 Å². The average Bonchev–Trinajstić information content (AvgIpc) is 2.62. The van der Waals surface area contributed by atoms with Crippen molar-refractivity contribution in [1.29, 1.82) is 0 Å². The summed E-state index contributed by atoms with van der Waals surface area (Å²) in [5.41, 5.74) is 2.15. The van der Waals surface area contributed by atoms with Gasteiger partial charge in [0.1, 0.15) is 5.69 Å². The molecule has 114 valence electrons. The monoisotopic (exact) mass is 305 g/mol. The number of pyridine rings is 1. The Morgan fingerprint density at radius 2 is 1.74 bits per heavy atom. The normalized spacial score (nSPS) is 10.1. The van der Waals surface area contributed by atoms with Crippen molar-refractivity contribution < 1.29 is 4.79 Å². The highest BCUT2D eigenvalue weighted by Gasteiger charge is 2.08. The second kappa shape index (κ2) is 7.13. The summed E-state index contributed by atoms with van der Waals surface area (Å²) in [6, 6.07) is 14.9. The number of carbonyl (C=O) groups excluding carboxylic acids is 1. The maximum atomic E-state index is 12.2. The second-order valence-electron chi connectivity index (χ2n) is 4.79. The summed E-state index contributed by atoms with van der Waals surface area (Å²) in [5.74, 6) is 0.123. The molecule has 0 aliphatic carbocycles. The predicted octanol–water partition coefficient (Wildman–Crippen LogP) is 2.55. The third-order valence-corrected chi connectivity index (χ3v) is 3.12. The van der Waals surface area contributed by atoms with Crippen LogP contribution < -0.4 is 10.6 Å². The molecule has 23 heavy (non-hydrogen) atoms. The first-order chi connectivity index (χ1) is 11.3. The lowest BCUT2D eigenvalue weighted by atomic mass is 10.2. The van der Waals surface area contributed by atoms with E-state index in [0.29, 0.717) is 18.2 Å². The van der Waals surface area contributed by atoms with Gasteiger partial charge in [0.2, 0.25) is 5.95 Å². The first-order valence-corrected chi connectivity index (χ1v) is 7.13. The number of nitrogens with one attached hydrogen (secondary N) is 2. The molecule has 0 atom stereocenters. The van der Waals surface area contributed by atoms with Gasteiger partial charge in [-0.2, -0.15) is 0 Å². The molecule has 1 amide bonds. The Hall–Kier alpha value is -3.28. The minimum Gasteiger partial charge on any atom is -0.347 e. The fourth-order valence-electron chi connectivity index (χ4n) is 1.98. The zero-order valence-corrected chi connectivity index (χ0v) is 12.3. The number of amides is 1. The van der Waals surface area contributed by atoms with Crippen molar-refractivity contribution in [2.24, 2.45) is 0 Å². The third kappa shape index (κ3) is 4.10. The van der Waals surface area contributed by atoms with Crippen molar-refractivity contribution in [3.63, 3.8) is 0 Å². The molecular weight excluding hydrogens is 290 g/mol. The Bertz CT molecular complexity index is 777. The summed E-state index contributed by atoms with van der Waals surface area (Å²) in [6.07, 6.45) is 4.88. The Balaban J connectivity index is 1.65. The van der Waals surface area contributed by atoms with E-state index < -0.39 is 0 Å². The molecule has 0 aliphatic heterocycles. The molecule has 1 aromatic carbocycles. The molecule has 2 heterocycles. The van der Waals surface area contributed by atoms with E-state index in [-0.39, 0.29) is 5.91 Å². The Kier molecular flexibility index (Phi) is 4.54. The number of carbonyl (C=O) groups is 1. The van der Waals surface area contributed by atoms with Gasteiger partial charge in [-0.1, -0.05) is 30.3 Å². The molecule has 3 rings (SSSR count). The number of nitrogens with zero attached hydrogens (tertiary/aromatic N) is 3. The van der Waals surface area contributed by atoms with Crippen LogP contribution in [0.3, 0.4) is 0 Å². The summed E-state index contributed by atoms with van der Waals surface area (Å²) < 4.78 is 0. The first-order valence-electron chi connectivity index (χ1n) is 7.13. The van der Waals surface area contributed by atoms with E-state index in [1.165, 1.54) is 0 Å². The van der Waals surface area contributed by atoms with E-state index in [0.717, 1.165) is 11.3 Å². The van der Waals surface area contributed by atoms with E-state index >= 15 is 0 Å². The van der Waals surface area contributed by atoms with Crippen LogP contribution in [0.15, 0.2) is 67.1 Å². The van der Waals surface area contributed by atoms with Crippen LogP contribution >= 0.6 is 0 Å². The van der Waals surface area contributed by atoms with Crippen LogP contribution in [0.4, 0.5) is 11.6 Å². The van der Waals surface area contributed by atoms with Crippen molar-refractivity contribution in [3.05, 3.63) is 78.4 Å². The van der Waals surface area contributed by atoms with Crippen LogP contribution in [0.1, 0.15) is 16.1 Å². The molecule has 6 heteroatoms. The molecule has 0 saturated heterocycles. The molecule has 0 saturated carbocycles. The molecule has 0 fully saturated rings. The predicted molar refractivity (Wildman–Crippen MR) is 87.2 cm³/mol. The van der Waals surface area contributed by atoms with Crippen LogP contribution in [0.5, 0.6) is 0 Å². The molecule has 6 nitrogen and oxygen atoms in total. The topological polar surface area (TPSA) is 79.8 Å². The van der Waals surface area contributed by atoms with E-state index in [9.17, 15) is 4.79 Å². The number of aromatic nitrogens is 3. The molecule has 0 radical (unpaired) electrons. The van der Waals surface area contributed by atoms with E-state index in [4.69, 9.17) is 0 Å². The smallest absolute Gasteiger partial charge is 0.270 e. The number of hydrogen-bond acceptors (Lipinski definition) is 5. The van der Waals surface area contributed by atoms with Crippen molar-refractivity contribution in [1.82, 2.24) is 20.3 Å². The molecule has 0 aliphatic rings. The van der Waals surface area contributed by atoms with Gasteiger partial charge in [-0.25, -0.2) is 9.97 Å². The molecule has 0 unspecified atom stereocenters. The summed E-state index contributed by atoms with van der Waals surface area (Å²) >= 11 is 0. The highest BCUT2D eigenvalue weighted by molar-refractivity contribution is 5.92. The SMILES string of the molecule is O=C(NCc1ccccc1)c1ccnc(Nc2ccncc2)n1. The van der Waals surface area contributed by atoms with Crippen molar-refractivity contribution >= 4 is 17.5 Å². The zero-order valence-electron chi connectivity index (χ0n) is 12.3. The number of rotatable bonds is 5. The standard InChI is InChI=1S/C17H15N5O/c23-16(20-12-13-4-2-1-3-5-13)15-8-11-19-17(22-15)21-14-6-9-18-10-7-14/h1-11H,12H2,(H,20,23)(H,18,19,21,22). The van der Waals surface area contributed by atoms with Gasteiger partial charge in [-0.3, -0.25) is 9.78 Å². The average molecular weight is 305 g/mol. The maximum Gasteiger partial charge on any atom is 0.270 e. The van der Waals surface area contributed by atoms with Gasteiger partial charge in [-0.05, 0) is 23.8 Å². The highest BCUT2D eigenvalue weighted by atomic mass is 16.1. The fraction of sp³-hybridized carbons (Fsp3) is 0.0588. The molecule has 3 aromatic rings. The molecule has 0 spiro atoms. The van der Waals surface area contributed by atoms with Gasteiger partial charge < -0.3 is 10.6 Å². The van der Waals surface area contributed by atoms with Gasteiger partial charge >= 0.3 is 0 Å². The number of anilines is 2. The minimum absolute atomic E-state index is 0.242. The Morgan fingerprint density at radius 3 is 2.52 bits per heavy atom. The van der Waals surface area contributed by atoms with Gasteiger partial charge in [0.25, 0.3) is 5.91 Å². The summed E-state index contributed by atoms with van der Waals surface area (Å²) in [5, 5.41) is 5.87. The van der Waals surface area contributed by atoms with Crippen LogP contribution in [0.25, 0.3) is 0 Å². The third-order valence-electron chi connectivity index (χ3n) is 3.12. The summed E-state index contributed by atoms with van der Waals surface area (Å²) in [7, 11) is 0. The summed E-state index contributed by atoms with van der Waals surface area (Å²) in [6.45, 7) is 0.455. The van der Waals surface area contributed by atoms with Crippen molar-refractivity contribution in [3.8, 4) is 0 Å². The quantitative estimate of drug-likeness (QED) is 0.757. The van der Waals surface area contributed by atoms with Gasteiger partial charge in [-0.15, -0.1) is 0 Å². The van der Waals surface area contributed by atoms with Gasteiger partial charge in [0, 0.05) is 30.8 Å². The summed E-state index contributed by atoms with van der Waals surface area (Å²) in [4.78, 5) is 24.5. The molecule has 2 aromatic heterocycles. The number of benzene rings is 1. The molecule has 2 N–H and O–H groups in total. The maximum absolute atomic E-state index is 12.2. The zero-order chi connectivity index (χ0) is 15.9. The van der Waals surface area contributed by atoms with Crippen molar-refractivity contribution in [2.75, 3.05) is 5.32 Å². The van der Waals surface area contributed by atoms with Crippen LogP contribution in [-0.4, -0.2) is 20.9 Å². The fourth-order valence-corrected chi connectivity index (χ4v) is 1.98. The second-order valence-corrected chi connectivity index (χ2v) is 4.79. The van der Waals surface area contributed by atoms with E-state index in [1.807, 2.05) is 30.3 Å². The lowest BCUT2D eigenvalue weighted by molar-refractivity contribution is 0.0946. The Morgan fingerprint density at radius 1 is 0.957 bits per heavy atom. The van der Waals surface area contributed by atoms with Crippen molar-refractivity contribution in [2.45, 2.75) is 6.54 Å². The molecular formula is C17H15N5O. The van der Waals surface area contributed by atoms with Crippen LogP contribution in [-0.2, 0) is 6.54 Å². The number of hydrogen-bond donors (Lipinski definition) is 2. The van der Waals surface area contributed by atoms with Crippen LogP contribution in [0.2, 0.25) is 0 Å². The molecule has 0 bridgehead atoms. The van der Waals surface area contributed by atoms with Gasteiger partial charge in [0.15, 0.2) is 0 Å². The highest BCUT2D eigenvalue weighted by Crippen LogP contribution is 2.10.